The van der Waals surface area contributed by atoms with Gasteiger partial charge < -0.3 is 0 Å². The molecule has 0 saturated carbocycles. The third-order valence-corrected chi connectivity index (χ3v) is 5.09. The number of thioether (sulfide) groups is 1. The van der Waals surface area contributed by atoms with Gasteiger partial charge in [0.05, 0.1) is 5.75 Å². The summed E-state index contributed by atoms with van der Waals surface area (Å²) in [5.41, 5.74) is 1.67. The molecule has 0 atom stereocenters. The van der Waals surface area contributed by atoms with Crippen molar-refractivity contribution < 1.29 is 4.79 Å². The molecule has 6 nitrogen and oxygen atoms in total. The van der Waals surface area contributed by atoms with E-state index in [0.29, 0.717) is 5.16 Å². The van der Waals surface area contributed by atoms with Gasteiger partial charge in [0, 0.05) is 23.8 Å². The van der Waals surface area contributed by atoms with Crippen molar-refractivity contribution in [1.82, 2.24) is 19.5 Å². The van der Waals surface area contributed by atoms with Crippen LogP contribution in [0.4, 0.5) is 11.4 Å². The highest BCUT2D eigenvalue weighted by Crippen LogP contribution is 2.27. The van der Waals surface area contributed by atoms with E-state index in [4.69, 9.17) is 0 Å². The first-order chi connectivity index (χ1) is 13.7. The van der Waals surface area contributed by atoms with Gasteiger partial charge in [-0.3, -0.25) is 14.4 Å². The molecule has 7 heteroatoms. The second-order valence-corrected chi connectivity index (χ2v) is 7.04. The number of para-hydroxylation sites is 2. The lowest BCUT2D eigenvalue weighted by Gasteiger charge is -2.23. The normalized spacial score (nSPS) is 10.8. The van der Waals surface area contributed by atoms with Gasteiger partial charge in [-0.15, -0.1) is 10.2 Å². The summed E-state index contributed by atoms with van der Waals surface area (Å²) < 4.78 is 3.78. The van der Waals surface area contributed by atoms with Crippen molar-refractivity contribution >= 4 is 29.0 Å². The zero-order valence-electron chi connectivity index (χ0n) is 15.3. The molecular weight excluding hydrogens is 370 g/mol. The Hall–Kier alpha value is -3.32. The van der Waals surface area contributed by atoms with Crippen molar-refractivity contribution in [3.8, 4) is 0 Å². The van der Waals surface area contributed by atoms with Gasteiger partial charge in [0.25, 0.3) is 0 Å². The highest BCUT2D eigenvalue weighted by molar-refractivity contribution is 7.99. The Morgan fingerprint density at radius 2 is 1.46 bits per heavy atom. The molecule has 0 aliphatic rings. The first kappa shape index (κ1) is 18.1. The average Bonchev–Trinajstić information content (AvgIpc) is 3.37. The number of hydrogen-bond acceptors (Lipinski definition) is 4. The molecule has 4 aromatic rings. The SMILES string of the molecule is Cc1nnc(SCC(=O)N(c2ccccc2)c2ccccc2)n1-n1cccc1. The maximum Gasteiger partial charge on any atom is 0.242 e. The predicted octanol–water partition coefficient (Wildman–Crippen LogP) is 4.16. The standard InChI is InChI=1S/C21H19N5OS/c1-17-22-23-21(26(17)24-14-8-9-15-24)28-16-20(27)25(18-10-4-2-5-11-18)19-12-6-3-7-13-19/h2-15H,16H2,1H3. The molecule has 0 fully saturated rings. The summed E-state index contributed by atoms with van der Waals surface area (Å²) in [6.07, 6.45) is 3.84. The molecule has 1 amide bonds. The first-order valence-corrected chi connectivity index (χ1v) is 9.84. The molecule has 0 aliphatic carbocycles. The van der Waals surface area contributed by atoms with Crippen molar-refractivity contribution in [2.24, 2.45) is 0 Å². The molecule has 0 bridgehead atoms. The number of nitrogens with zero attached hydrogens (tertiary/aromatic N) is 5. The number of benzene rings is 2. The lowest BCUT2D eigenvalue weighted by molar-refractivity contribution is -0.115. The molecule has 0 spiro atoms. The molecule has 0 N–H and O–H groups in total. The molecule has 28 heavy (non-hydrogen) atoms. The zero-order chi connectivity index (χ0) is 19.3. The second kappa shape index (κ2) is 8.14. The molecule has 4 rings (SSSR count). The largest absolute Gasteiger partial charge is 0.280 e. The van der Waals surface area contributed by atoms with Crippen molar-refractivity contribution in [1.29, 1.82) is 0 Å². The number of carbonyl (C=O) groups is 1. The fourth-order valence-electron chi connectivity index (χ4n) is 2.93. The number of carbonyl (C=O) groups excluding carboxylic acids is 1. The van der Waals surface area contributed by atoms with Gasteiger partial charge in [-0.25, -0.2) is 4.68 Å². The van der Waals surface area contributed by atoms with Crippen LogP contribution in [0.1, 0.15) is 5.82 Å². The molecule has 140 valence electrons. The minimum atomic E-state index is -0.0258. The number of aryl methyl sites for hydroxylation is 1. The Morgan fingerprint density at radius 1 is 0.893 bits per heavy atom. The fraction of sp³-hybridized carbons (Fsp3) is 0.0952. The van der Waals surface area contributed by atoms with E-state index < -0.39 is 0 Å². The number of aromatic nitrogens is 4. The van der Waals surface area contributed by atoms with Crippen LogP contribution in [-0.2, 0) is 4.79 Å². The number of amides is 1. The number of rotatable bonds is 6. The van der Waals surface area contributed by atoms with Crippen LogP contribution < -0.4 is 4.90 Å². The number of hydrogen-bond donors (Lipinski definition) is 0. The molecule has 0 saturated heterocycles. The Kier molecular flexibility index (Phi) is 5.25. The van der Waals surface area contributed by atoms with Crippen LogP contribution in [-0.4, -0.2) is 31.2 Å². The van der Waals surface area contributed by atoms with E-state index in [1.807, 2.05) is 101 Å². The van der Waals surface area contributed by atoms with E-state index in [1.54, 1.807) is 4.90 Å². The van der Waals surface area contributed by atoms with Gasteiger partial charge in [0.1, 0.15) is 0 Å². The highest BCUT2D eigenvalue weighted by Gasteiger charge is 2.20. The van der Waals surface area contributed by atoms with Gasteiger partial charge in [-0.1, -0.05) is 48.2 Å². The lowest BCUT2D eigenvalue weighted by atomic mass is 10.2. The molecule has 2 aromatic carbocycles. The summed E-state index contributed by atoms with van der Waals surface area (Å²) in [6.45, 7) is 1.89. The quantitative estimate of drug-likeness (QED) is 0.465. The van der Waals surface area contributed by atoms with Crippen LogP contribution in [0.3, 0.4) is 0 Å². The third kappa shape index (κ3) is 3.70. The van der Waals surface area contributed by atoms with Crippen molar-refractivity contribution in [3.63, 3.8) is 0 Å². The zero-order valence-corrected chi connectivity index (χ0v) is 16.2. The maximum absolute atomic E-state index is 13.2. The van der Waals surface area contributed by atoms with E-state index in [1.165, 1.54) is 11.8 Å². The minimum absolute atomic E-state index is 0.0258. The maximum atomic E-state index is 13.2. The highest BCUT2D eigenvalue weighted by atomic mass is 32.2. The van der Waals surface area contributed by atoms with Crippen molar-refractivity contribution in [3.05, 3.63) is 91.0 Å². The van der Waals surface area contributed by atoms with Crippen LogP contribution in [0.25, 0.3) is 0 Å². The van der Waals surface area contributed by atoms with Gasteiger partial charge >= 0.3 is 0 Å². The van der Waals surface area contributed by atoms with Gasteiger partial charge in [-0.05, 0) is 43.3 Å². The second-order valence-electron chi connectivity index (χ2n) is 6.09. The molecule has 2 heterocycles. The van der Waals surface area contributed by atoms with Crippen LogP contribution in [0, 0.1) is 6.92 Å². The molecular formula is C21H19N5OS. The smallest absolute Gasteiger partial charge is 0.242 e. The fourth-order valence-corrected chi connectivity index (χ4v) is 3.76. The van der Waals surface area contributed by atoms with E-state index in [2.05, 4.69) is 10.2 Å². The summed E-state index contributed by atoms with van der Waals surface area (Å²) in [4.78, 5) is 14.9. The Morgan fingerprint density at radius 3 is 2.04 bits per heavy atom. The van der Waals surface area contributed by atoms with Gasteiger partial charge in [0.15, 0.2) is 5.82 Å². The van der Waals surface area contributed by atoms with Crippen molar-refractivity contribution in [2.45, 2.75) is 12.1 Å². The molecule has 0 aliphatic heterocycles. The molecule has 0 radical (unpaired) electrons. The van der Waals surface area contributed by atoms with Crippen LogP contribution in [0.2, 0.25) is 0 Å². The predicted molar refractivity (Wildman–Crippen MR) is 111 cm³/mol. The van der Waals surface area contributed by atoms with E-state index in [-0.39, 0.29) is 11.7 Å². The van der Waals surface area contributed by atoms with E-state index in [0.717, 1.165) is 17.2 Å². The Bertz CT molecular complexity index is 1010. The molecule has 2 aromatic heterocycles. The first-order valence-electron chi connectivity index (χ1n) is 8.85. The van der Waals surface area contributed by atoms with Gasteiger partial charge in [0.2, 0.25) is 11.1 Å². The summed E-state index contributed by atoms with van der Waals surface area (Å²) in [5.74, 6) is 0.972. The lowest BCUT2D eigenvalue weighted by Crippen LogP contribution is -2.27. The summed E-state index contributed by atoms with van der Waals surface area (Å²) in [6, 6.07) is 23.2. The van der Waals surface area contributed by atoms with E-state index >= 15 is 0 Å². The average molecular weight is 389 g/mol. The third-order valence-electron chi connectivity index (χ3n) is 4.19. The topological polar surface area (TPSA) is 56.0 Å². The minimum Gasteiger partial charge on any atom is -0.280 e. The van der Waals surface area contributed by atoms with E-state index in [9.17, 15) is 4.79 Å². The molecule has 0 unspecified atom stereocenters. The monoisotopic (exact) mass is 389 g/mol. The summed E-state index contributed by atoms with van der Waals surface area (Å²) in [5, 5.41) is 9.06. The number of anilines is 2. The van der Waals surface area contributed by atoms with Crippen LogP contribution in [0.5, 0.6) is 0 Å². The Labute approximate surface area is 167 Å². The van der Waals surface area contributed by atoms with Gasteiger partial charge in [-0.2, -0.15) is 0 Å². The summed E-state index contributed by atoms with van der Waals surface area (Å²) in [7, 11) is 0. The van der Waals surface area contributed by atoms with Crippen molar-refractivity contribution in [2.75, 3.05) is 10.7 Å². The van der Waals surface area contributed by atoms with Crippen LogP contribution >= 0.6 is 11.8 Å². The van der Waals surface area contributed by atoms with Crippen LogP contribution in [0.15, 0.2) is 90.3 Å². The Balaban J connectivity index is 1.58. The summed E-state index contributed by atoms with van der Waals surface area (Å²) >= 11 is 1.37.